The van der Waals surface area contributed by atoms with E-state index >= 15 is 0 Å². The number of hydrogen-bond donors (Lipinski definition) is 0. The molecular formula is C16H18Cl2MnN5-3. The van der Waals surface area contributed by atoms with Gasteiger partial charge in [0.2, 0.25) is 0 Å². The zero-order chi connectivity index (χ0) is 17.0. The topological polar surface area (TPSA) is 68.1 Å². The average Bonchev–Trinajstić information content (AvgIpc) is 2.59. The first-order chi connectivity index (χ1) is 11.8. The minimum atomic E-state index is 0.00694. The fourth-order valence-corrected chi connectivity index (χ4v) is 2.22. The molecule has 0 amide bonds. The normalized spacial score (nSPS) is 15.4. The Bertz CT molecular complexity index is 563. The van der Waals surface area contributed by atoms with E-state index < -0.39 is 0 Å². The Kier molecular flexibility index (Phi) is 9.61. The Balaban J connectivity index is 0.000000647. The van der Waals surface area contributed by atoms with Gasteiger partial charge in [-0.05, 0) is 24.3 Å². The second-order valence-corrected chi connectivity index (χ2v) is 6.99. The van der Waals surface area contributed by atoms with Crippen molar-refractivity contribution in [1.29, 1.82) is 0 Å². The van der Waals surface area contributed by atoms with E-state index in [2.05, 4.69) is 25.9 Å². The third-order valence-corrected chi connectivity index (χ3v) is 3.24. The molecule has 0 radical (unpaired) electrons. The van der Waals surface area contributed by atoms with Gasteiger partial charge < -0.3 is 16.0 Å². The zero-order valence-corrected chi connectivity index (χ0v) is 15.8. The number of aromatic nitrogens is 2. The van der Waals surface area contributed by atoms with Crippen molar-refractivity contribution < 1.29 is 13.1 Å². The maximum Gasteiger partial charge on any atom is 0.0201 e. The van der Waals surface area contributed by atoms with Crippen molar-refractivity contribution in [3.63, 3.8) is 0 Å². The quantitative estimate of drug-likeness (QED) is 0.596. The standard InChI is InChI=1S/C16H18N5.2ClH.Mn/c1-3-13-9-17-7-8-18-10-14-4-2-6-16(21-14)12-19-11-15(5-1)20-13;;;/h1-6H,7-12H2;2*1H;/q-3;;;+2/p-2. The maximum absolute atomic E-state index is 4.80. The van der Waals surface area contributed by atoms with Gasteiger partial charge in [-0.25, -0.2) is 0 Å². The van der Waals surface area contributed by atoms with Gasteiger partial charge >= 0.3 is 33.3 Å². The fourth-order valence-electron chi connectivity index (χ4n) is 2.22. The van der Waals surface area contributed by atoms with Gasteiger partial charge in [0.15, 0.2) is 0 Å². The Morgan fingerprint density at radius 2 is 1.00 bits per heavy atom. The molecule has 0 spiro atoms. The van der Waals surface area contributed by atoms with Crippen molar-refractivity contribution in [2.75, 3.05) is 13.1 Å². The summed E-state index contributed by atoms with van der Waals surface area (Å²) in [6.45, 7) is 3.99. The molecule has 2 aromatic rings. The summed E-state index contributed by atoms with van der Waals surface area (Å²) >= 11 is 0.00694. The van der Waals surface area contributed by atoms with E-state index in [-0.39, 0.29) is 13.1 Å². The molecule has 0 unspecified atom stereocenters. The minimum absolute atomic E-state index is 0.00694. The molecule has 0 aliphatic carbocycles. The Morgan fingerprint density at radius 1 is 0.667 bits per heavy atom. The molecule has 3 heterocycles. The van der Waals surface area contributed by atoms with E-state index in [1.54, 1.807) is 0 Å². The second-order valence-electron chi connectivity index (χ2n) is 5.05. The molecular weight excluding hydrogens is 388 g/mol. The molecule has 2 aromatic heterocycles. The second kappa shape index (κ2) is 11.8. The first kappa shape index (κ1) is 19.6. The van der Waals surface area contributed by atoms with Gasteiger partial charge in [-0.1, -0.05) is 12.1 Å². The number of nitrogens with zero attached hydrogens (tertiary/aromatic N) is 5. The third-order valence-electron chi connectivity index (χ3n) is 3.24. The first-order valence-corrected chi connectivity index (χ1v) is 10.7. The van der Waals surface area contributed by atoms with E-state index in [1.165, 1.54) is 0 Å². The molecule has 0 saturated heterocycles. The summed E-state index contributed by atoms with van der Waals surface area (Å²) in [4.78, 5) is 9.15. The predicted molar refractivity (Wildman–Crippen MR) is 94.8 cm³/mol. The van der Waals surface area contributed by atoms with Gasteiger partial charge in [-0.3, -0.25) is 9.97 Å². The minimum Gasteiger partial charge on any atom is -0.659 e. The number of pyridine rings is 2. The SMILES string of the molecule is [Cl][Mn][Cl].c1cc2nc(c1)C[N-]Cc1cccc(n1)C[N-]CC[N-]C2. The summed E-state index contributed by atoms with van der Waals surface area (Å²) in [5.74, 6) is 0. The van der Waals surface area contributed by atoms with E-state index in [4.69, 9.17) is 20.2 Å². The van der Waals surface area contributed by atoms with Crippen LogP contribution in [0.5, 0.6) is 0 Å². The van der Waals surface area contributed by atoms with Crippen molar-refractivity contribution in [3.05, 3.63) is 75.1 Å². The van der Waals surface area contributed by atoms with E-state index in [0.717, 1.165) is 35.9 Å². The van der Waals surface area contributed by atoms with Gasteiger partial charge in [-0.15, -0.1) is 26.2 Å². The Morgan fingerprint density at radius 3 is 1.38 bits per heavy atom. The molecule has 1 aliphatic heterocycles. The number of rotatable bonds is 0. The van der Waals surface area contributed by atoms with Crippen LogP contribution >= 0.6 is 20.2 Å². The van der Waals surface area contributed by atoms with E-state index in [1.807, 2.05) is 36.4 Å². The maximum atomic E-state index is 4.80. The third kappa shape index (κ3) is 7.45. The van der Waals surface area contributed by atoms with Crippen molar-refractivity contribution in [2.24, 2.45) is 0 Å². The molecule has 0 atom stereocenters. The monoisotopic (exact) mass is 405 g/mol. The molecule has 1 aliphatic rings. The van der Waals surface area contributed by atoms with Crippen LogP contribution in [0.4, 0.5) is 0 Å². The molecule has 0 N–H and O–H groups in total. The molecule has 0 saturated carbocycles. The predicted octanol–water partition coefficient (Wildman–Crippen LogP) is 4.69. The number of fused-ring (bicyclic) bond motifs is 4. The molecule has 24 heavy (non-hydrogen) atoms. The van der Waals surface area contributed by atoms with Gasteiger partial charge in [0, 0.05) is 22.8 Å². The van der Waals surface area contributed by atoms with Crippen molar-refractivity contribution >= 4 is 20.2 Å². The first-order valence-electron chi connectivity index (χ1n) is 7.48. The van der Waals surface area contributed by atoms with Crippen LogP contribution in [0.1, 0.15) is 22.8 Å². The summed E-state index contributed by atoms with van der Waals surface area (Å²) in [6, 6.07) is 12.1. The molecule has 3 rings (SSSR count). The van der Waals surface area contributed by atoms with Crippen LogP contribution < -0.4 is 0 Å². The van der Waals surface area contributed by atoms with Crippen molar-refractivity contribution in [2.45, 2.75) is 26.2 Å². The van der Waals surface area contributed by atoms with Crippen LogP contribution in [-0.4, -0.2) is 23.1 Å². The molecule has 8 heteroatoms. The fraction of sp³-hybridized carbons (Fsp3) is 0.375. The van der Waals surface area contributed by atoms with Gasteiger partial charge in [0.05, 0.1) is 0 Å². The van der Waals surface area contributed by atoms with Crippen LogP contribution in [0.15, 0.2) is 36.4 Å². The smallest absolute Gasteiger partial charge is 0.0201 e. The van der Waals surface area contributed by atoms with E-state index in [9.17, 15) is 0 Å². The Labute approximate surface area is 157 Å². The van der Waals surface area contributed by atoms with E-state index in [0.29, 0.717) is 26.2 Å². The summed E-state index contributed by atoms with van der Waals surface area (Å²) in [6.07, 6.45) is 0. The van der Waals surface area contributed by atoms with Crippen LogP contribution in [0, 0.1) is 0 Å². The average molecular weight is 406 g/mol. The molecule has 5 nitrogen and oxygen atoms in total. The van der Waals surface area contributed by atoms with Crippen LogP contribution in [0.2, 0.25) is 0 Å². The van der Waals surface area contributed by atoms with Crippen molar-refractivity contribution in [1.82, 2.24) is 9.97 Å². The van der Waals surface area contributed by atoms with Crippen LogP contribution in [0.3, 0.4) is 0 Å². The molecule has 4 bridgehead atoms. The largest absolute Gasteiger partial charge is 0.659 e. The van der Waals surface area contributed by atoms with Crippen molar-refractivity contribution in [3.8, 4) is 0 Å². The molecule has 0 fully saturated rings. The van der Waals surface area contributed by atoms with Gasteiger partial charge in [0.1, 0.15) is 0 Å². The summed E-state index contributed by atoms with van der Waals surface area (Å²) in [5, 5.41) is 13.5. The Hall–Kier alpha value is -0.721. The van der Waals surface area contributed by atoms with Crippen LogP contribution in [-0.2, 0) is 39.3 Å². The van der Waals surface area contributed by atoms with Crippen LogP contribution in [0.25, 0.3) is 16.0 Å². The summed E-state index contributed by atoms with van der Waals surface area (Å²) < 4.78 is 0. The summed E-state index contributed by atoms with van der Waals surface area (Å²) in [5.41, 5.74) is 3.96. The number of halogens is 2. The molecule has 131 valence electrons. The summed E-state index contributed by atoms with van der Waals surface area (Å²) in [7, 11) is 9.59. The van der Waals surface area contributed by atoms with Gasteiger partial charge in [-0.2, -0.15) is 13.1 Å². The zero-order valence-electron chi connectivity index (χ0n) is 13.1. The molecule has 0 aromatic carbocycles. The van der Waals surface area contributed by atoms with Gasteiger partial charge in [0.25, 0.3) is 0 Å². The number of hydrogen-bond acceptors (Lipinski definition) is 2.